The lowest BCUT2D eigenvalue weighted by molar-refractivity contribution is 0.173. The van der Waals surface area contributed by atoms with Crippen molar-refractivity contribution in [3.05, 3.63) is 78.4 Å². The van der Waals surface area contributed by atoms with Gasteiger partial charge in [-0.3, -0.25) is 9.89 Å². The number of anilines is 1. The summed E-state index contributed by atoms with van der Waals surface area (Å²) in [4.78, 5) is 21.7. The summed E-state index contributed by atoms with van der Waals surface area (Å²) in [6.45, 7) is 2.03. The van der Waals surface area contributed by atoms with Crippen molar-refractivity contribution in [1.29, 1.82) is 0 Å². The Kier molecular flexibility index (Phi) is 7.68. The molecule has 2 amide bonds. The summed E-state index contributed by atoms with van der Waals surface area (Å²) < 4.78 is 0. The Bertz CT molecular complexity index is 1110. The quantitative estimate of drug-likeness (QED) is 0.387. The van der Waals surface area contributed by atoms with E-state index in [2.05, 4.69) is 47.5 Å². The number of carbonyl (C=O) groups excluding carboxylic acids is 1. The van der Waals surface area contributed by atoms with Crippen LogP contribution in [0.15, 0.2) is 77.8 Å². The smallest absolute Gasteiger partial charge is 0.324 e. The Morgan fingerprint density at radius 3 is 2.26 bits per heavy atom. The molecule has 3 aromatic rings. The summed E-state index contributed by atoms with van der Waals surface area (Å²) in [6.07, 6.45) is 4.34. The van der Waals surface area contributed by atoms with Gasteiger partial charge in [0.25, 0.3) is 0 Å². The van der Waals surface area contributed by atoms with Crippen molar-refractivity contribution >= 4 is 28.5 Å². The number of amides is 2. The van der Waals surface area contributed by atoms with Crippen LogP contribution in [0.5, 0.6) is 0 Å². The number of benzene rings is 3. The minimum atomic E-state index is 0.0294. The molecule has 0 atom stereocenters. The van der Waals surface area contributed by atoms with Crippen molar-refractivity contribution in [2.24, 2.45) is 28.3 Å². The number of guanidine groups is 1. The van der Waals surface area contributed by atoms with E-state index in [0.29, 0.717) is 24.9 Å². The third-order valence-electron chi connectivity index (χ3n) is 6.92. The lowest BCUT2D eigenvalue weighted by Gasteiger charge is -2.34. The van der Waals surface area contributed by atoms with Crippen molar-refractivity contribution in [2.45, 2.75) is 32.2 Å². The van der Waals surface area contributed by atoms with E-state index in [1.807, 2.05) is 42.3 Å². The fourth-order valence-electron chi connectivity index (χ4n) is 4.96. The predicted molar refractivity (Wildman–Crippen MR) is 141 cm³/mol. The second-order valence-corrected chi connectivity index (χ2v) is 9.35. The van der Waals surface area contributed by atoms with E-state index in [4.69, 9.17) is 11.5 Å². The van der Waals surface area contributed by atoms with Crippen molar-refractivity contribution in [2.75, 3.05) is 25.0 Å². The molecule has 3 aromatic carbocycles. The molecule has 6 heteroatoms. The summed E-state index contributed by atoms with van der Waals surface area (Å²) in [6, 6.07) is 24.6. The molecule has 0 aliphatic heterocycles. The molecule has 0 radical (unpaired) electrons. The van der Waals surface area contributed by atoms with Crippen molar-refractivity contribution in [3.63, 3.8) is 0 Å². The van der Waals surface area contributed by atoms with Crippen molar-refractivity contribution < 1.29 is 4.79 Å². The van der Waals surface area contributed by atoms with E-state index >= 15 is 0 Å². The first-order valence-corrected chi connectivity index (χ1v) is 12.1. The van der Waals surface area contributed by atoms with Crippen LogP contribution < -0.4 is 16.4 Å². The highest BCUT2D eigenvalue weighted by Gasteiger charge is 2.27. The highest BCUT2D eigenvalue weighted by atomic mass is 16.2. The highest BCUT2D eigenvalue weighted by Crippen LogP contribution is 2.31. The average molecular weight is 458 g/mol. The van der Waals surface area contributed by atoms with Crippen LogP contribution in [-0.2, 0) is 6.54 Å². The van der Waals surface area contributed by atoms with Gasteiger partial charge in [-0.2, -0.15) is 0 Å². The van der Waals surface area contributed by atoms with Gasteiger partial charge in [-0.25, -0.2) is 4.79 Å². The van der Waals surface area contributed by atoms with Crippen LogP contribution in [-0.4, -0.2) is 37.0 Å². The summed E-state index contributed by atoms with van der Waals surface area (Å²) in [5, 5.41) is 2.40. The number of fused-ring (bicyclic) bond motifs is 1. The lowest BCUT2D eigenvalue weighted by atomic mass is 9.81. The molecule has 0 heterocycles. The molecule has 4 rings (SSSR count). The lowest BCUT2D eigenvalue weighted by Crippen LogP contribution is -2.43. The first kappa shape index (κ1) is 23.6. The Morgan fingerprint density at radius 2 is 1.53 bits per heavy atom. The monoisotopic (exact) mass is 457 g/mol. The van der Waals surface area contributed by atoms with Crippen molar-refractivity contribution in [3.8, 4) is 0 Å². The average Bonchev–Trinajstić information content (AvgIpc) is 2.87. The molecule has 34 heavy (non-hydrogen) atoms. The second kappa shape index (κ2) is 11.1. The summed E-state index contributed by atoms with van der Waals surface area (Å²) in [7, 11) is 1.86. The number of hydrogen-bond acceptors (Lipinski definition) is 2. The third kappa shape index (κ3) is 5.87. The molecule has 0 unspecified atom stereocenters. The molecule has 0 spiro atoms. The van der Waals surface area contributed by atoms with Crippen LogP contribution >= 0.6 is 0 Å². The minimum Gasteiger partial charge on any atom is -0.370 e. The summed E-state index contributed by atoms with van der Waals surface area (Å²) in [5.41, 5.74) is 13.1. The van der Waals surface area contributed by atoms with Crippen LogP contribution in [0.1, 0.15) is 31.2 Å². The van der Waals surface area contributed by atoms with Gasteiger partial charge in [0, 0.05) is 32.4 Å². The topological polar surface area (TPSA) is 88.0 Å². The van der Waals surface area contributed by atoms with Crippen LogP contribution in [0.4, 0.5) is 10.5 Å². The summed E-state index contributed by atoms with van der Waals surface area (Å²) in [5.74, 6) is 1.16. The molecular weight excluding hydrogens is 422 g/mol. The normalized spacial score (nSPS) is 17.8. The Hall–Kier alpha value is -3.54. The molecule has 1 aliphatic carbocycles. The molecule has 178 valence electrons. The van der Waals surface area contributed by atoms with Crippen LogP contribution in [0, 0.1) is 11.8 Å². The molecule has 4 N–H and O–H groups in total. The maximum absolute atomic E-state index is 13.7. The van der Waals surface area contributed by atoms with Gasteiger partial charge < -0.3 is 16.4 Å². The number of urea groups is 1. The van der Waals surface area contributed by atoms with Gasteiger partial charge in [0.05, 0.1) is 0 Å². The molecular formula is C28H35N5O. The van der Waals surface area contributed by atoms with Gasteiger partial charge in [-0.05, 0) is 66.0 Å². The highest BCUT2D eigenvalue weighted by molar-refractivity contribution is 5.92. The predicted octanol–water partition coefficient (Wildman–Crippen LogP) is 4.98. The standard InChI is InChI=1S/C28H35N5O/c1-32(25-11-3-2-4-12-25)28(34)33(19-22-16-14-21(15-17-22)18-31-27(29)30)20-24-10-7-9-23-8-5-6-13-26(23)24/h2-13,21-22H,14-20H2,1H3,(H4,29,30,31). The van der Waals surface area contributed by atoms with E-state index in [0.717, 1.165) is 37.9 Å². The number of nitrogens with two attached hydrogens (primary N) is 2. The number of aliphatic imine (C=N–C) groups is 1. The molecule has 1 saturated carbocycles. The zero-order valence-electron chi connectivity index (χ0n) is 19.9. The van der Waals surface area contributed by atoms with Crippen LogP contribution in [0.25, 0.3) is 10.8 Å². The zero-order valence-corrected chi connectivity index (χ0v) is 19.9. The van der Waals surface area contributed by atoms with E-state index in [1.54, 1.807) is 4.90 Å². The van der Waals surface area contributed by atoms with E-state index < -0.39 is 0 Å². The molecule has 0 saturated heterocycles. The maximum Gasteiger partial charge on any atom is 0.324 e. The van der Waals surface area contributed by atoms with Gasteiger partial charge in [-0.15, -0.1) is 0 Å². The Labute approximate surface area is 202 Å². The Morgan fingerprint density at radius 1 is 0.882 bits per heavy atom. The van der Waals surface area contributed by atoms with Crippen molar-refractivity contribution in [1.82, 2.24) is 4.90 Å². The van der Waals surface area contributed by atoms with Gasteiger partial charge in [0.15, 0.2) is 5.96 Å². The number of para-hydroxylation sites is 1. The third-order valence-corrected chi connectivity index (χ3v) is 6.92. The first-order chi connectivity index (χ1) is 16.5. The SMILES string of the molecule is CN(C(=O)N(Cc1cccc2ccccc12)CC1CCC(CN=C(N)N)CC1)c1ccccc1. The van der Waals surface area contributed by atoms with Gasteiger partial charge in [0.1, 0.15) is 0 Å². The molecule has 0 bridgehead atoms. The maximum atomic E-state index is 13.7. The van der Waals surface area contributed by atoms with E-state index in [9.17, 15) is 4.79 Å². The molecule has 1 aliphatic rings. The fourth-order valence-corrected chi connectivity index (χ4v) is 4.96. The van der Waals surface area contributed by atoms with Gasteiger partial charge >= 0.3 is 6.03 Å². The summed E-state index contributed by atoms with van der Waals surface area (Å²) >= 11 is 0. The number of carbonyl (C=O) groups is 1. The van der Waals surface area contributed by atoms with Crippen LogP contribution in [0.3, 0.4) is 0 Å². The van der Waals surface area contributed by atoms with E-state index in [1.165, 1.54) is 16.3 Å². The van der Waals surface area contributed by atoms with Crippen LogP contribution in [0.2, 0.25) is 0 Å². The number of hydrogen-bond donors (Lipinski definition) is 2. The first-order valence-electron chi connectivity index (χ1n) is 12.1. The Balaban J connectivity index is 1.52. The van der Waals surface area contributed by atoms with Gasteiger partial charge in [0.2, 0.25) is 0 Å². The fraction of sp³-hybridized carbons (Fsp3) is 0.357. The van der Waals surface area contributed by atoms with Gasteiger partial charge in [-0.1, -0.05) is 60.7 Å². The molecule has 6 nitrogen and oxygen atoms in total. The molecule has 0 aromatic heterocycles. The minimum absolute atomic E-state index is 0.0294. The largest absolute Gasteiger partial charge is 0.370 e. The number of rotatable bonds is 7. The molecule has 1 fully saturated rings. The van der Waals surface area contributed by atoms with E-state index in [-0.39, 0.29) is 12.0 Å². The number of nitrogens with zero attached hydrogens (tertiary/aromatic N) is 3. The second-order valence-electron chi connectivity index (χ2n) is 9.35. The zero-order chi connectivity index (χ0) is 23.9.